The standard InChI is InChI=1S/C14H25N3O4/c1-5-21-12(19)7-15-13(20)16-10-6-11(18)17(8-10)9-14(2,3)4/h10H,5-9H2,1-4H3,(H2,15,16,20)/t10-/m0/s1. The summed E-state index contributed by atoms with van der Waals surface area (Å²) in [7, 11) is 0. The molecule has 0 spiro atoms. The van der Waals surface area contributed by atoms with Gasteiger partial charge in [-0.05, 0) is 12.3 Å². The number of nitrogens with zero attached hydrogens (tertiary/aromatic N) is 1. The van der Waals surface area contributed by atoms with Crippen LogP contribution in [0.3, 0.4) is 0 Å². The van der Waals surface area contributed by atoms with Crippen LogP contribution in [-0.4, -0.2) is 55.1 Å². The first-order chi connectivity index (χ1) is 9.71. The quantitative estimate of drug-likeness (QED) is 0.723. The highest BCUT2D eigenvalue weighted by molar-refractivity contribution is 5.83. The summed E-state index contributed by atoms with van der Waals surface area (Å²) in [6.45, 7) is 9.16. The summed E-state index contributed by atoms with van der Waals surface area (Å²) in [5, 5.41) is 5.12. The van der Waals surface area contributed by atoms with Crippen LogP contribution < -0.4 is 10.6 Å². The van der Waals surface area contributed by atoms with Crippen LogP contribution in [0, 0.1) is 5.41 Å². The molecule has 1 saturated heterocycles. The van der Waals surface area contributed by atoms with Gasteiger partial charge < -0.3 is 20.3 Å². The van der Waals surface area contributed by atoms with Gasteiger partial charge in [0.05, 0.1) is 12.6 Å². The molecule has 1 heterocycles. The first-order valence-electron chi connectivity index (χ1n) is 7.19. The lowest BCUT2D eigenvalue weighted by Gasteiger charge is -2.26. The average molecular weight is 299 g/mol. The number of rotatable bonds is 5. The molecule has 1 fully saturated rings. The first-order valence-corrected chi connectivity index (χ1v) is 7.19. The molecule has 1 aliphatic heterocycles. The Morgan fingerprint density at radius 1 is 1.38 bits per heavy atom. The number of esters is 1. The van der Waals surface area contributed by atoms with E-state index in [0.29, 0.717) is 19.5 Å². The van der Waals surface area contributed by atoms with E-state index in [-0.39, 0.29) is 30.5 Å². The minimum Gasteiger partial charge on any atom is -0.465 e. The summed E-state index contributed by atoms with van der Waals surface area (Å²) in [5.74, 6) is -0.440. The Bertz CT molecular complexity index is 404. The van der Waals surface area contributed by atoms with E-state index in [1.165, 1.54) is 0 Å². The molecule has 0 unspecified atom stereocenters. The lowest BCUT2D eigenvalue weighted by atomic mass is 9.96. The van der Waals surface area contributed by atoms with E-state index in [9.17, 15) is 14.4 Å². The number of carbonyl (C=O) groups excluding carboxylic acids is 3. The number of likely N-dealkylation sites (tertiary alicyclic amines) is 1. The lowest BCUT2D eigenvalue weighted by molar-refractivity contribution is -0.141. The van der Waals surface area contributed by atoms with Crippen molar-refractivity contribution in [1.82, 2.24) is 15.5 Å². The largest absolute Gasteiger partial charge is 0.465 e. The van der Waals surface area contributed by atoms with Crippen LogP contribution in [0.4, 0.5) is 4.79 Å². The molecule has 21 heavy (non-hydrogen) atoms. The van der Waals surface area contributed by atoms with Crippen molar-refractivity contribution in [3.8, 4) is 0 Å². The van der Waals surface area contributed by atoms with E-state index >= 15 is 0 Å². The van der Waals surface area contributed by atoms with E-state index in [1.807, 2.05) is 0 Å². The number of hydrogen-bond donors (Lipinski definition) is 2. The van der Waals surface area contributed by atoms with Crippen molar-refractivity contribution >= 4 is 17.9 Å². The maximum Gasteiger partial charge on any atom is 0.325 e. The molecule has 0 saturated carbocycles. The molecule has 1 aliphatic rings. The molecule has 3 amide bonds. The smallest absolute Gasteiger partial charge is 0.325 e. The molecule has 0 aromatic carbocycles. The van der Waals surface area contributed by atoms with Crippen molar-refractivity contribution in [3.63, 3.8) is 0 Å². The van der Waals surface area contributed by atoms with Gasteiger partial charge in [0.15, 0.2) is 0 Å². The summed E-state index contributed by atoms with van der Waals surface area (Å²) in [6, 6.07) is -0.680. The Morgan fingerprint density at radius 3 is 2.62 bits per heavy atom. The topological polar surface area (TPSA) is 87.7 Å². The third kappa shape index (κ3) is 6.46. The Balaban J connectivity index is 2.35. The van der Waals surface area contributed by atoms with Crippen LogP contribution in [0.25, 0.3) is 0 Å². The lowest BCUT2D eigenvalue weighted by Crippen LogP contribution is -2.45. The van der Waals surface area contributed by atoms with Gasteiger partial charge in [-0.2, -0.15) is 0 Å². The highest BCUT2D eigenvalue weighted by atomic mass is 16.5. The highest BCUT2D eigenvalue weighted by Gasteiger charge is 2.32. The van der Waals surface area contributed by atoms with Gasteiger partial charge in [-0.15, -0.1) is 0 Å². The van der Waals surface area contributed by atoms with Gasteiger partial charge in [0, 0.05) is 19.5 Å². The SMILES string of the molecule is CCOC(=O)CNC(=O)N[C@H]1CC(=O)N(CC(C)(C)C)C1. The molecular formula is C14H25N3O4. The zero-order chi connectivity index (χ0) is 16.0. The maximum atomic E-state index is 11.9. The molecule has 0 aromatic heterocycles. The van der Waals surface area contributed by atoms with Crippen LogP contribution in [0.1, 0.15) is 34.1 Å². The van der Waals surface area contributed by atoms with Crippen LogP contribution in [0.15, 0.2) is 0 Å². The minimum atomic E-state index is -0.482. The second-order valence-corrected chi connectivity index (χ2v) is 6.37. The maximum absolute atomic E-state index is 11.9. The summed E-state index contributed by atoms with van der Waals surface area (Å²) < 4.78 is 4.71. The molecule has 1 rings (SSSR count). The number of carbonyl (C=O) groups is 3. The third-order valence-electron chi connectivity index (χ3n) is 2.91. The Kier molecular flexibility index (Phi) is 5.99. The van der Waals surface area contributed by atoms with Gasteiger partial charge in [-0.1, -0.05) is 20.8 Å². The Labute approximate surface area is 125 Å². The fourth-order valence-electron chi connectivity index (χ4n) is 2.20. The minimum absolute atomic E-state index is 0.0245. The van der Waals surface area contributed by atoms with Crippen LogP contribution in [0.2, 0.25) is 0 Å². The molecule has 1 atom stereocenters. The van der Waals surface area contributed by atoms with Gasteiger partial charge in [-0.25, -0.2) is 4.79 Å². The molecule has 120 valence electrons. The molecule has 0 aliphatic carbocycles. The monoisotopic (exact) mass is 299 g/mol. The molecule has 2 N–H and O–H groups in total. The number of urea groups is 1. The second kappa shape index (κ2) is 7.28. The molecule has 7 nitrogen and oxygen atoms in total. The van der Waals surface area contributed by atoms with E-state index in [2.05, 4.69) is 31.4 Å². The number of nitrogens with one attached hydrogen (secondary N) is 2. The number of hydrogen-bond acceptors (Lipinski definition) is 4. The van der Waals surface area contributed by atoms with E-state index in [4.69, 9.17) is 4.74 Å². The fraction of sp³-hybridized carbons (Fsp3) is 0.786. The van der Waals surface area contributed by atoms with Crippen molar-refractivity contribution in [3.05, 3.63) is 0 Å². The van der Waals surface area contributed by atoms with Gasteiger partial charge >= 0.3 is 12.0 Å². The summed E-state index contributed by atoms with van der Waals surface area (Å²) in [6.07, 6.45) is 0.295. The third-order valence-corrected chi connectivity index (χ3v) is 2.91. The number of amides is 3. The zero-order valence-corrected chi connectivity index (χ0v) is 13.2. The predicted octanol–water partition coefficient (Wildman–Crippen LogP) is 0.496. The average Bonchev–Trinajstić information content (AvgIpc) is 2.65. The van der Waals surface area contributed by atoms with E-state index < -0.39 is 12.0 Å². The summed E-state index contributed by atoms with van der Waals surface area (Å²) >= 11 is 0. The molecular weight excluding hydrogens is 274 g/mol. The molecule has 0 radical (unpaired) electrons. The van der Waals surface area contributed by atoms with Crippen molar-refractivity contribution in [2.24, 2.45) is 5.41 Å². The van der Waals surface area contributed by atoms with Crippen molar-refractivity contribution < 1.29 is 19.1 Å². The molecule has 0 bridgehead atoms. The molecule has 7 heteroatoms. The van der Waals surface area contributed by atoms with Crippen LogP contribution in [-0.2, 0) is 14.3 Å². The first kappa shape index (κ1) is 17.3. The van der Waals surface area contributed by atoms with Crippen molar-refractivity contribution in [1.29, 1.82) is 0 Å². The van der Waals surface area contributed by atoms with Gasteiger partial charge in [0.1, 0.15) is 6.54 Å². The van der Waals surface area contributed by atoms with Crippen molar-refractivity contribution in [2.45, 2.75) is 40.2 Å². The van der Waals surface area contributed by atoms with E-state index in [0.717, 1.165) is 0 Å². The second-order valence-electron chi connectivity index (χ2n) is 6.37. The zero-order valence-electron chi connectivity index (χ0n) is 13.2. The van der Waals surface area contributed by atoms with E-state index in [1.54, 1.807) is 11.8 Å². The summed E-state index contributed by atoms with van der Waals surface area (Å²) in [4.78, 5) is 36.4. The van der Waals surface area contributed by atoms with Crippen LogP contribution >= 0.6 is 0 Å². The van der Waals surface area contributed by atoms with Gasteiger partial charge in [-0.3, -0.25) is 9.59 Å². The summed E-state index contributed by atoms with van der Waals surface area (Å²) in [5.41, 5.74) is 0.0245. The Morgan fingerprint density at radius 2 is 2.05 bits per heavy atom. The fourth-order valence-corrected chi connectivity index (χ4v) is 2.20. The van der Waals surface area contributed by atoms with Crippen molar-refractivity contribution in [2.75, 3.05) is 26.2 Å². The van der Waals surface area contributed by atoms with Gasteiger partial charge in [0.25, 0.3) is 0 Å². The highest BCUT2D eigenvalue weighted by Crippen LogP contribution is 2.20. The van der Waals surface area contributed by atoms with Crippen LogP contribution in [0.5, 0.6) is 0 Å². The molecule has 0 aromatic rings. The predicted molar refractivity (Wildman–Crippen MR) is 77.6 cm³/mol. The van der Waals surface area contributed by atoms with Gasteiger partial charge in [0.2, 0.25) is 5.91 Å². The Hall–Kier alpha value is -1.79. The number of ether oxygens (including phenoxy) is 1. The normalized spacial score (nSPS) is 18.6.